The molecule has 0 radical (unpaired) electrons. The van der Waals surface area contributed by atoms with E-state index in [-0.39, 0.29) is 34.3 Å². The van der Waals surface area contributed by atoms with Gasteiger partial charge in [-0.05, 0) is 73.8 Å². The fraction of sp³-hybridized carbons (Fsp3) is 0.375. The number of nitrogens with zero attached hydrogens (tertiary/aromatic N) is 3. The average Bonchev–Trinajstić information content (AvgIpc) is 3.28. The fourth-order valence-electron chi connectivity index (χ4n) is 5.11. The number of hydrogen-bond acceptors (Lipinski definition) is 5. The molecule has 8 heteroatoms. The van der Waals surface area contributed by atoms with Crippen LogP contribution in [0.3, 0.4) is 0 Å². The Kier molecular flexibility index (Phi) is 5.73. The summed E-state index contributed by atoms with van der Waals surface area (Å²) in [6.07, 6.45) is 2.65. The Balaban J connectivity index is 1.28. The van der Waals surface area contributed by atoms with E-state index in [1.54, 1.807) is 18.2 Å². The van der Waals surface area contributed by atoms with Gasteiger partial charge in [0.15, 0.2) is 0 Å². The van der Waals surface area contributed by atoms with E-state index in [1.165, 1.54) is 28.1 Å². The molecule has 168 valence electrons. The number of fused-ring (bicyclic) bond motifs is 3. The predicted octanol–water partition coefficient (Wildman–Crippen LogP) is 4.68. The van der Waals surface area contributed by atoms with Gasteiger partial charge in [-0.1, -0.05) is 11.3 Å². The molecule has 3 aromatic rings. The van der Waals surface area contributed by atoms with Crippen LogP contribution in [0.2, 0.25) is 0 Å². The molecule has 2 aliphatic rings. The molecular formula is C24H25F2N3O2S. The van der Waals surface area contributed by atoms with E-state index in [1.807, 2.05) is 6.07 Å². The van der Waals surface area contributed by atoms with Gasteiger partial charge in [-0.25, -0.2) is 8.78 Å². The highest BCUT2D eigenvalue weighted by Crippen LogP contribution is 2.48. The molecule has 1 fully saturated rings. The maximum absolute atomic E-state index is 14.1. The number of aromatic hydroxyl groups is 1. The van der Waals surface area contributed by atoms with Crippen LogP contribution in [0.25, 0.3) is 0 Å². The zero-order valence-electron chi connectivity index (χ0n) is 17.6. The van der Waals surface area contributed by atoms with Crippen molar-refractivity contribution in [1.29, 1.82) is 0 Å². The maximum atomic E-state index is 14.1. The van der Waals surface area contributed by atoms with Gasteiger partial charge < -0.3 is 14.9 Å². The number of halogens is 2. The molecule has 1 N–H and O–H groups in total. The molecule has 1 aromatic heterocycles. The second-order valence-corrected chi connectivity index (χ2v) is 9.35. The maximum Gasteiger partial charge on any atom is 0.309 e. The number of likely N-dealkylation sites (tertiary alicyclic amines) is 1. The molecule has 5 rings (SSSR count). The van der Waals surface area contributed by atoms with Crippen LogP contribution in [0.1, 0.15) is 30.7 Å². The largest absolute Gasteiger partial charge is 0.494 e. The van der Waals surface area contributed by atoms with Crippen molar-refractivity contribution in [2.24, 2.45) is 0 Å². The van der Waals surface area contributed by atoms with Crippen molar-refractivity contribution in [3.63, 3.8) is 0 Å². The number of rotatable bonds is 6. The van der Waals surface area contributed by atoms with Crippen molar-refractivity contribution in [1.82, 2.24) is 9.47 Å². The Labute approximate surface area is 189 Å². The van der Waals surface area contributed by atoms with Crippen molar-refractivity contribution >= 4 is 22.7 Å². The number of aromatic nitrogens is 1. The second kappa shape index (κ2) is 8.67. The zero-order chi connectivity index (χ0) is 22.2. The summed E-state index contributed by atoms with van der Waals surface area (Å²) in [5.74, 6) is -0.285. The highest BCUT2D eigenvalue weighted by Gasteiger charge is 2.42. The second-order valence-electron chi connectivity index (χ2n) is 8.53. The predicted molar refractivity (Wildman–Crippen MR) is 122 cm³/mol. The Morgan fingerprint density at radius 3 is 2.53 bits per heavy atom. The molecule has 0 aliphatic carbocycles. The van der Waals surface area contributed by atoms with E-state index in [4.69, 9.17) is 0 Å². The van der Waals surface area contributed by atoms with Crippen molar-refractivity contribution in [2.45, 2.75) is 37.8 Å². The summed E-state index contributed by atoms with van der Waals surface area (Å²) >= 11 is 1.01. The SMILES string of the molecule is O=c1scc(O)n1CCCCN1CC[C@@H]2[C@@H](C1)c1cc(F)ccc1N2c1ccc(F)cc1. The van der Waals surface area contributed by atoms with Crippen molar-refractivity contribution in [3.8, 4) is 5.88 Å². The lowest BCUT2D eigenvalue weighted by Gasteiger charge is -2.39. The van der Waals surface area contributed by atoms with Gasteiger partial charge in [-0.2, -0.15) is 0 Å². The minimum atomic E-state index is -0.267. The topological polar surface area (TPSA) is 48.7 Å². The molecule has 0 amide bonds. The number of piperidine rings is 1. The van der Waals surface area contributed by atoms with Crippen LogP contribution >= 0.6 is 11.3 Å². The standard InChI is InChI=1S/C24H25F2N3O2S/c25-16-3-6-18(7-4-16)29-21-8-5-17(26)13-19(21)20-14-27(12-9-22(20)29)10-1-2-11-28-23(30)15-32-24(28)31/h3-8,13,15,20,22,30H,1-2,9-12,14H2/t20-,22+/m0/s1. The van der Waals surface area contributed by atoms with E-state index in [0.29, 0.717) is 6.54 Å². The summed E-state index contributed by atoms with van der Waals surface area (Å²) in [4.78, 5) is 16.2. The quantitative estimate of drug-likeness (QED) is 0.546. The fourth-order valence-corrected chi connectivity index (χ4v) is 5.76. The summed E-state index contributed by atoms with van der Waals surface area (Å²) in [5, 5.41) is 11.2. The molecular weight excluding hydrogens is 432 g/mol. The third-order valence-corrected chi connectivity index (χ3v) is 7.36. The van der Waals surface area contributed by atoms with Crippen LogP contribution in [0.15, 0.2) is 52.6 Å². The number of anilines is 2. The lowest BCUT2D eigenvalue weighted by atomic mass is 9.89. The Morgan fingerprint density at radius 2 is 1.78 bits per heavy atom. The van der Waals surface area contributed by atoms with E-state index in [9.17, 15) is 18.7 Å². The van der Waals surface area contributed by atoms with Crippen LogP contribution in [-0.2, 0) is 6.54 Å². The highest BCUT2D eigenvalue weighted by atomic mass is 32.1. The number of thiazole rings is 1. The molecule has 0 bridgehead atoms. The molecule has 3 heterocycles. The molecule has 1 saturated heterocycles. The van der Waals surface area contributed by atoms with Crippen LogP contribution < -0.4 is 9.77 Å². The van der Waals surface area contributed by atoms with E-state index in [0.717, 1.165) is 67.2 Å². The summed E-state index contributed by atoms with van der Waals surface area (Å²) in [6.45, 7) is 3.17. The molecule has 0 saturated carbocycles. The lowest BCUT2D eigenvalue weighted by Crippen LogP contribution is -2.45. The molecule has 2 atom stereocenters. The van der Waals surface area contributed by atoms with Crippen LogP contribution in [0, 0.1) is 11.6 Å². The third-order valence-electron chi connectivity index (χ3n) is 6.61. The molecule has 0 spiro atoms. The summed E-state index contributed by atoms with van der Waals surface area (Å²) in [6, 6.07) is 11.7. The minimum absolute atomic E-state index is 0.0336. The van der Waals surface area contributed by atoms with Crippen molar-refractivity contribution < 1.29 is 13.9 Å². The van der Waals surface area contributed by atoms with Crippen LogP contribution in [0.4, 0.5) is 20.2 Å². The molecule has 32 heavy (non-hydrogen) atoms. The summed E-state index contributed by atoms with van der Waals surface area (Å²) in [7, 11) is 0. The first-order chi connectivity index (χ1) is 15.5. The van der Waals surface area contributed by atoms with Gasteiger partial charge in [0.05, 0.1) is 5.38 Å². The Bertz CT molecular complexity index is 1160. The first-order valence-electron chi connectivity index (χ1n) is 10.9. The van der Waals surface area contributed by atoms with Crippen molar-refractivity contribution in [2.75, 3.05) is 24.5 Å². The van der Waals surface area contributed by atoms with Gasteiger partial charge in [0.25, 0.3) is 0 Å². The highest BCUT2D eigenvalue weighted by molar-refractivity contribution is 7.07. The molecule has 0 unspecified atom stereocenters. The third kappa shape index (κ3) is 3.93. The normalized spacial score (nSPS) is 20.4. The van der Waals surface area contributed by atoms with Gasteiger partial charge in [0, 0.05) is 43.0 Å². The van der Waals surface area contributed by atoms with Gasteiger partial charge >= 0.3 is 4.87 Å². The first-order valence-corrected chi connectivity index (χ1v) is 11.8. The minimum Gasteiger partial charge on any atom is -0.494 e. The van der Waals surface area contributed by atoms with E-state index < -0.39 is 0 Å². The van der Waals surface area contributed by atoms with Gasteiger partial charge in [0.1, 0.15) is 11.6 Å². The zero-order valence-corrected chi connectivity index (χ0v) is 18.4. The lowest BCUT2D eigenvalue weighted by molar-refractivity contribution is 0.192. The van der Waals surface area contributed by atoms with Crippen molar-refractivity contribution in [3.05, 3.63) is 74.7 Å². The smallest absolute Gasteiger partial charge is 0.309 e. The first kappa shape index (κ1) is 21.2. The van der Waals surface area contributed by atoms with Crippen LogP contribution in [-0.4, -0.2) is 40.2 Å². The summed E-state index contributed by atoms with van der Waals surface area (Å²) in [5.41, 5.74) is 2.95. The Morgan fingerprint density at radius 1 is 1.03 bits per heavy atom. The van der Waals surface area contributed by atoms with Gasteiger partial charge in [-0.15, -0.1) is 0 Å². The number of unbranched alkanes of at least 4 members (excludes halogenated alkanes) is 1. The molecule has 2 aromatic carbocycles. The number of benzene rings is 2. The molecule has 2 aliphatic heterocycles. The van der Waals surface area contributed by atoms with Gasteiger partial charge in [-0.3, -0.25) is 9.36 Å². The van der Waals surface area contributed by atoms with E-state index >= 15 is 0 Å². The van der Waals surface area contributed by atoms with Gasteiger partial charge in [0.2, 0.25) is 5.88 Å². The number of hydrogen-bond donors (Lipinski definition) is 1. The Hall–Kier alpha value is -2.71. The summed E-state index contributed by atoms with van der Waals surface area (Å²) < 4.78 is 29.0. The molecule has 5 nitrogen and oxygen atoms in total. The van der Waals surface area contributed by atoms with E-state index in [2.05, 4.69) is 9.80 Å². The average molecular weight is 458 g/mol. The monoisotopic (exact) mass is 457 g/mol. The van der Waals surface area contributed by atoms with Crippen LogP contribution in [0.5, 0.6) is 5.88 Å².